The summed E-state index contributed by atoms with van der Waals surface area (Å²) in [6.45, 7) is 8.39. The van der Waals surface area contributed by atoms with Gasteiger partial charge in [-0.15, -0.1) is 11.3 Å². The molecule has 4 nitrogen and oxygen atoms in total. The molecule has 2 heterocycles. The normalized spacial score (nSPS) is 13.2. The summed E-state index contributed by atoms with van der Waals surface area (Å²) < 4.78 is 3.09. The number of aromatic nitrogens is 3. The minimum Gasteiger partial charge on any atom is -0.307 e. The van der Waals surface area contributed by atoms with E-state index < -0.39 is 0 Å². The number of hydrogen-bond donors (Lipinski definition) is 1. The maximum Gasteiger partial charge on any atom is 0.0900 e. The number of nitrogens with one attached hydrogen (secondary N) is 1. The second-order valence-electron chi connectivity index (χ2n) is 4.82. The van der Waals surface area contributed by atoms with Crippen LogP contribution in [0, 0.1) is 13.8 Å². The first-order chi connectivity index (χ1) is 8.95. The summed E-state index contributed by atoms with van der Waals surface area (Å²) in [7, 11) is 1.98. The van der Waals surface area contributed by atoms with Crippen molar-refractivity contribution >= 4 is 27.3 Å². The van der Waals surface area contributed by atoms with E-state index in [4.69, 9.17) is 0 Å². The van der Waals surface area contributed by atoms with E-state index >= 15 is 0 Å². The topological polar surface area (TPSA) is 42.7 Å². The van der Waals surface area contributed by atoms with Crippen molar-refractivity contribution in [1.29, 1.82) is 0 Å². The zero-order valence-electron chi connectivity index (χ0n) is 11.9. The van der Waals surface area contributed by atoms with Crippen molar-refractivity contribution < 1.29 is 0 Å². The van der Waals surface area contributed by atoms with Crippen molar-refractivity contribution in [2.75, 3.05) is 7.05 Å². The molecule has 2 aromatic rings. The third kappa shape index (κ3) is 2.75. The second-order valence-corrected chi connectivity index (χ2v) is 6.91. The molecule has 1 N–H and O–H groups in total. The summed E-state index contributed by atoms with van der Waals surface area (Å²) in [4.78, 5) is 5.78. The highest BCUT2D eigenvalue weighted by molar-refractivity contribution is 9.10. The van der Waals surface area contributed by atoms with Gasteiger partial charge in [0.2, 0.25) is 0 Å². The molecule has 19 heavy (non-hydrogen) atoms. The van der Waals surface area contributed by atoms with E-state index in [0.29, 0.717) is 6.04 Å². The van der Waals surface area contributed by atoms with E-state index in [2.05, 4.69) is 56.8 Å². The Balaban J connectivity index is 2.54. The molecule has 0 bridgehead atoms. The van der Waals surface area contributed by atoms with E-state index in [1.165, 1.54) is 4.88 Å². The zero-order valence-corrected chi connectivity index (χ0v) is 14.3. The Morgan fingerprint density at radius 1 is 1.37 bits per heavy atom. The highest BCUT2D eigenvalue weighted by atomic mass is 79.9. The summed E-state index contributed by atoms with van der Waals surface area (Å²) in [5, 5.41) is 8.95. The number of nitrogens with zero attached hydrogens (tertiary/aromatic N) is 3. The van der Waals surface area contributed by atoms with E-state index in [9.17, 15) is 0 Å². The van der Waals surface area contributed by atoms with E-state index in [1.807, 2.05) is 20.2 Å². The minimum absolute atomic E-state index is 0.116. The van der Waals surface area contributed by atoms with E-state index in [-0.39, 0.29) is 6.04 Å². The Hall–Kier alpha value is -0.720. The van der Waals surface area contributed by atoms with Gasteiger partial charge in [-0.2, -0.15) is 5.10 Å². The summed E-state index contributed by atoms with van der Waals surface area (Å²) in [6.07, 6.45) is 1.86. The van der Waals surface area contributed by atoms with Crippen LogP contribution in [0.4, 0.5) is 0 Å². The molecule has 2 rings (SSSR count). The fourth-order valence-electron chi connectivity index (χ4n) is 2.24. The summed E-state index contributed by atoms with van der Waals surface area (Å²) in [6, 6.07) is 0.442. The van der Waals surface area contributed by atoms with E-state index in [0.717, 1.165) is 20.9 Å². The van der Waals surface area contributed by atoms with Gasteiger partial charge in [0.25, 0.3) is 0 Å². The first kappa shape index (κ1) is 14.7. The molecule has 0 amide bonds. The van der Waals surface area contributed by atoms with Gasteiger partial charge in [-0.05, 0) is 50.7 Å². The average molecular weight is 343 g/mol. The molecular weight excluding hydrogens is 324 g/mol. The molecular formula is C13H19BrN4S. The predicted octanol–water partition coefficient (Wildman–Crippen LogP) is 3.61. The Kier molecular flexibility index (Phi) is 4.43. The molecule has 1 unspecified atom stereocenters. The van der Waals surface area contributed by atoms with Crippen LogP contribution in [0.5, 0.6) is 0 Å². The van der Waals surface area contributed by atoms with Gasteiger partial charge < -0.3 is 5.32 Å². The first-order valence-corrected chi connectivity index (χ1v) is 7.90. The smallest absolute Gasteiger partial charge is 0.0900 e. The molecule has 0 saturated carbocycles. The van der Waals surface area contributed by atoms with Gasteiger partial charge in [-0.25, -0.2) is 4.98 Å². The summed E-state index contributed by atoms with van der Waals surface area (Å²) in [5.74, 6) is 0. The van der Waals surface area contributed by atoms with Gasteiger partial charge in [0.05, 0.1) is 38.0 Å². The average Bonchev–Trinajstić information content (AvgIpc) is 2.85. The largest absolute Gasteiger partial charge is 0.307 e. The van der Waals surface area contributed by atoms with Crippen molar-refractivity contribution in [3.8, 4) is 0 Å². The lowest BCUT2D eigenvalue weighted by Crippen LogP contribution is -2.22. The second kappa shape index (κ2) is 5.73. The first-order valence-electron chi connectivity index (χ1n) is 6.29. The zero-order chi connectivity index (χ0) is 14.2. The Labute approximate surface area is 126 Å². The van der Waals surface area contributed by atoms with Crippen molar-refractivity contribution in [3.63, 3.8) is 0 Å². The van der Waals surface area contributed by atoms with Crippen LogP contribution in [0.1, 0.15) is 47.2 Å². The Bertz CT molecular complexity index is 573. The number of halogens is 1. The molecule has 1 atom stereocenters. The SMILES string of the molecule is CNC(c1sc(C)nc1C)c1c(Br)cnn1C(C)C. The molecule has 0 aliphatic heterocycles. The lowest BCUT2D eigenvalue weighted by molar-refractivity contribution is 0.484. The molecule has 0 aliphatic carbocycles. The van der Waals surface area contributed by atoms with Crippen molar-refractivity contribution in [3.05, 3.63) is 31.9 Å². The minimum atomic E-state index is 0.116. The standard InChI is InChI=1S/C13H19BrN4S/c1-7(2)18-12(10(14)6-16-18)11(15-5)13-8(3)17-9(4)19-13/h6-7,11,15H,1-5H3. The van der Waals surface area contributed by atoms with Crippen LogP contribution in [-0.4, -0.2) is 21.8 Å². The van der Waals surface area contributed by atoms with Crippen molar-refractivity contribution in [2.45, 2.75) is 39.8 Å². The molecule has 2 aromatic heterocycles. The van der Waals surface area contributed by atoms with Crippen molar-refractivity contribution in [1.82, 2.24) is 20.1 Å². The number of thiazole rings is 1. The molecule has 0 aliphatic rings. The van der Waals surface area contributed by atoms with Crippen LogP contribution in [0.2, 0.25) is 0 Å². The lowest BCUT2D eigenvalue weighted by atomic mass is 10.1. The Morgan fingerprint density at radius 2 is 2.05 bits per heavy atom. The quantitative estimate of drug-likeness (QED) is 0.922. The Morgan fingerprint density at radius 3 is 2.53 bits per heavy atom. The van der Waals surface area contributed by atoms with Gasteiger partial charge in [0.1, 0.15) is 0 Å². The lowest BCUT2D eigenvalue weighted by Gasteiger charge is -2.20. The number of hydrogen-bond acceptors (Lipinski definition) is 4. The molecule has 0 fully saturated rings. The molecule has 6 heteroatoms. The summed E-state index contributed by atoms with van der Waals surface area (Å²) >= 11 is 5.36. The molecule has 0 radical (unpaired) electrons. The number of rotatable bonds is 4. The third-order valence-corrected chi connectivity index (χ3v) is 4.79. The highest BCUT2D eigenvalue weighted by Gasteiger charge is 2.25. The van der Waals surface area contributed by atoms with Gasteiger partial charge in [0.15, 0.2) is 0 Å². The maximum atomic E-state index is 4.53. The van der Waals surface area contributed by atoms with Gasteiger partial charge in [0, 0.05) is 6.04 Å². The van der Waals surface area contributed by atoms with Crippen LogP contribution >= 0.6 is 27.3 Å². The van der Waals surface area contributed by atoms with Crippen LogP contribution in [-0.2, 0) is 0 Å². The van der Waals surface area contributed by atoms with Gasteiger partial charge >= 0.3 is 0 Å². The van der Waals surface area contributed by atoms with Crippen LogP contribution < -0.4 is 5.32 Å². The molecule has 0 saturated heterocycles. The van der Waals surface area contributed by atoms with Crippen LogP contribution in [0.25, 0.3) is 0 Å². The maximum absolute atomic E-state index is 4.53. The van der Waals surface area contributed by atoms with Crippen LogP contribution in [0.3, 0.4) is 0 Å². The van der Waals surface area contributed by atoms with E-state index in [1.54, 1.807) is 11.3 Å². The van der Waals surface area contributed by atoms with Gasteiger partial charge in [-0.1, -0.05) is 0 Å². The van der Waals surface area contributed by atoms with Crippen LogP contribution in [0.15, 0.2) is 10.7 Å². The predicted molar refractivity (Wildman–Crippen MR) is 82.8 cm³/mol. The highest BCUT2D eigenvalue weighted by Crippen LogP contribution is 2.34. The molecule has 0 aromatic carbocycles. The van der Waals surface area contributed by atoms with Crippen molar-refractivity contribution in [2.24, 2.45) is 0 Å². The fourth-order valence-corrected chi connectivity index (χ4v) is 3.78. The fraction of sp³-hybridized carbons (Fsp3) is 0.538. The van der Waals surface area contributed by atoms with Gasteiger partial charge in [-0.3, -0.25) is 4.68 Å². The summed E-state index contributed by atoms with van der Waals surface area (Å²) in [5.41, 5.74) is 2.24. The molecule has 0 spiro atoms. The number of aryl methyl sites for hydroxylation is 2. The monoisotopic (exact) mass is 342 g/mol. The third-order valence-electron chi connectivity index (χ3n) is 3.04. The molecule has 104 valence electrons.